The molecule has 0 radical (unpaired) electrons. The second-order valence-electron chi connectivity index (χ2n) is 4.73. The number of nitrogens with zero attached hydrogens (tertiary/aromatic N) is 2. The van der Waals surface area contributed by atoms with Crippen molar-refractivity contribution >= 4 is 51.7 Å². The number of nitrogens with one attached hydrogen (secondary N) is 1. The SMILES string of the molecule is Nc1csc(NN=Cc2cccc(Oc3cc(Cl)cc(Cl)c3)c2)n1. The second kappa shape index (κ2) is 7.53. The van der Waals surface area contributed by atoms with Crippen molar-refractivity contribution in [3.63, 3.8) is 0 Å². The summed E-state index contributed by atoms with van der Waals surface area (Å²) in [5, 5.41) is 7.52. The van der Waals surface area contributed by atoms with Crippen LogP contribution in [0.4, 0.5) is 10.9 Å². The lowest BCUT2D eigenvalue weighted by Gasteiger charge is -2.07. The maximum absolute atomic E-state index is 5.97. The Bertz CT molecular complexity index is 862. The van der Waals surface area contributed by atoms with Crippen LogP contribution in [-0.2, 0) is 0 Å². The van der Waals surface area contributed by atoms with Crippen LogP contribution in [-0.4, -0.2) is 11.2 Å². The van der Waals surface area contributed by atoms with Gasteiger partial charge in [0.2, 0.25) is 5.13 Å². The number of nitrogen functional groups attached to an aromatic ring is 1. The molecule has 122 valence electrons. The Balaban J connectivity index is 1.69. The van der Waals surface area contributed by atoms with E-state index in [4.69, 9.17) is 33.7 Å². The minimum atomic E-state index is 0.466. The fourth-order valence-electron chi connectivity index (χ4n) is 1.88. The molecule has 2 aromatic carbocycles. The van der Waals surface area contributed by atoms with Gasteiger partial charge in [0.25, 0.3) is 0 Å². The zero-order valence-electron chi connectivity index (χ0n) is 12.2. The first-order valence-electron chi connectivity index (χ1n) is 6.82. The van der Waals surface area contributed by atoms with Crippen molar-refractivity contribution in [1.82, 2.24) is 4.98 Å². The van der Waals surface area contributed by atoms with Gasteiger partial charge < -0.3 is 10.5 Å². The van der Waals surface area contributed by atoms with Gasteiger partial charge in [-0.2, -0.15) is 5.10 Å². The summed E-state index contributed by atoms with van der Waals surface area (Å²) >= 11 is 13.3. The van der Waals surface area contributed by atoms with Crippen molar-refractivity contribution in [1.29, 1.82) is 0 Å². The molecule has 0 unspecified atom stereocenters. The number of benzene rings is 2. The third-order valence-electron chi connectivity index (χ3n) is 2.83. The fourth-order valence-corrected chi connectivity index (χ4v) is 2.94. The van der Waals surface area contributed by atoms with E-state index < -0.39 is 0 Å². The van der Waals surface area contributed by atoms with Gasteiger partial charge >= 0.3 is 0 Å². The van der Waals surface area contributed by atoms with Gasteiger partial charge in [-0.15, -0.1) is 11.3 Å². The molecule has 0 amide bonds. The van der Waals surface area contributed by atoms with E-state index in [1.54, 1.807) is 29.8 Å². The van der Waals surface area contributed by atoms with Crippen molar-refractivity contribution in [2.45, 2.75) is 0 Å². The van der Waals surface area contributed by atoms with Gasteiger partial charge in [0.1, 0.15) is 17.3 Å². The number of aromatic nitrogens is 1. The summed E-state index contributed by atoms with van der Waals surface area (Å²) in [6.07, 6.45) is 1.66. The zero-order valence-corrected chi connectivity index (χ0v) is 14.6. The summed E-state index contributed by atoms with van der Waals surface area (Å²) in [6.45, 7) is 0. The van der Waals surface area contributed by atoms with Crippen LogP contribution in [0.1, 0.15) is 5.56 Å². The summed E-state index contributed by atoms with van der Waals surface area (Å²) in [7, 11) is 0. The van der Waals surface area contributed by atoms with E-state index >= 15 is 0 Å². The van der Waals surface area contributed by atoms with Gasteiger partial charge in [0.15, 0.2) is 0 Å². The third-order valence-corrected chi connectivity index (χ3v) is 4.03. The minimum Gasteiger partial charge on any atom is -0.457 e. The average molecular weight is 379 g/mol. The summed E-state index contributed by atoms with van der Waals surface area (Å²) in [4.78, 5) is 4.05. The molecule has 1 aromatic heterocycles. The van der Waals surface area contributed by atoms with E-state index in [0.717, 1.165) is 5.56 Å². The molecule has 0 aliphatic carbocycles. The lowest BCUT2D eigenvalue weighted by atomic mass is 10.2. The van der Waals surface area contributed by atoms with Gasteiger partial charge in [0, 0.05) is 15.4 Å². The second-order valence-corrected chi connectivity index (χ2v) is 6.46. The highest BCUT2D eigenvalue weighted by atomic mass is 35.5. The first kappa shape index (κ1) is 16.6. The topological polar surface area (TPSA) is 72.5 Å². The van der Waals surface area contributed by atoms with Crippen LogP contribution in [0.15, 0.2) is 52.9 Å². The zero-order chi connectivity index (χ0) is 16.9. The minimum absolute atomic E-state index is 0.466. The molecule has 5 nitrogen and oxygen atoms in total. The Labute approximate surface area is 152 Å². The molecule has 0 atom stereocenters. The molecular weight excluding hydrogens is 367 g/mol. The predicted octanol–water partition coefficient (Wildman–Crippen LogP) is 5.27. The molecule has 1 heterocycles. The van der Waals surface area contributed by atoms with Crippen molar-refractivity contribution in [3.05, 3.63) is 63.5 Å². The summed E-state index contributed by atoms with van der Waals surface area (Å²) in [5.41, 5.74) is 9.23. The number of hydrazone groups is 1. The van der Waals surface area contributed by atoms with Crippen molar-refractivity contribution < 1.29 is 4.74 Å². The van der Waals surface area contributed by atoms with Crippen LogP contribution in [0, 0.1) is 0 Å². The lowest BCUT2D eigenvalue weighted by molar-refractivity contribution is 0.482. The van der Waals surface area contributed by atoms with E-state index in [1.165, 1.54) is 11.3 Å². The summed E-state index contributed by atoms with van der Waals surface area (Å²) < 4.78 is 5.77. The first-order valence-corrected chi connectivity index (χ1v) is 8.46. The molecule has 0 bridgehead atoms. The molecular formula is C16H12Cl2N4OS. The molecule has 0 fully saturated rings. The maximum Gasteiger partial charge on any atom is 0.205 e. The van der Waals surface area contributed by atoms with E-state index in [0.29, 0.717) is 32.5 Å². The number of hydrogen-bond acceptors (Lipinski definition) is 6. The smallest absolute Gasteiger partial charge is 0.205 e. The monoisotopic (exact) mass is 378 g/mol. The van der Waals surface area contributed by atoms with Crippen LogP contribution >= 0.6 is 34.5 Å². The van der Waals surface area contributed by atoms with Gasteiger partial charge in [-0.3, -0.25) is 5.43 Å². The maximum atomic E-state index is 5.97. The molecule has 0 aliphatic heterocycles. The summed E-state index contributed by atoms with van der Waals surface area (Å²) in [5.74, 6) is 1.68. The Morgan fingerprint density at radius 1 is 1.12 bits per heavy atom. The fraction of sp³-hybridized carbons (Fsp3) is 0. The van der Waals surface area contributed by atoms with Crippen molar-refractivity contribution in [2.24, 2.45) is 5.10 Å². The van der Waals surface area contributed by atoms with Crippen LogP contribution in [0.25, 0.3) is 0 Å². The number of anilines is 2. The van der Waals surface area contributed by atoms with E-state index in [2.05, 4.69) is 15.5 Å². The van der Waals surface area contributed by atoms with Crippen LogP contribution in [0.5, 0.6) is 11.5 Å². The number of rotatable bonds is 5. The number of thiazole rings is 1. The third kappa shape index (κ3) is 4.61. The predicted molar refractivity (Wildman–Crippen MR) is 101 cm³/mol. The molecule has 3 N–H and O–H groups in total. The largest absolute Gasteiger partial charge is 0.457 e. The average Bonchev–Trinajstić information content (AvgIpc) is 2.92. The van der Waals surface area contributed by atoms with Gasteiger partial charge in [-0.25, -0.2) is 4.98 Å². The number of halogens is 2. The van der Waals surface area contributed by atoms with Crippen LogP contribution in [0.2, 0.25) is 10.0 Å². The number of hydrogen-bond donors (Lipinski definition) is 2. The molecule has 8 heteroatoms. The first-order chi connectivity index (χ1) is 11.6. The Morgan fingerprint density at radius 2 is 1.92 bits per heavy atom. The number of ether oxygens (including phenoxy) is 1. The van der Waals surface area contributed by atoms with Gasteiger partial charge in [0.05, 0.1) is 6.21 Å². The van der Waals surface area contributed by atoms with E-state index in [-0.39, 0.29) is 0 Å². The van der Waals surface area contributed by atoms with Crippen molar-refractivity contribution in [3.8, 4) is 11.5 Å². The van der Waals surface area contributed by atoms with Crippen LogP contribution in [0.3, 0.4) is 0 Å². The summed E-state index contributed by atoms with van der Waals surface area (Å²) in [6, 6.07) is 12.5. The Morgan fingerprint density at radius 3 is 2.62 bits per heavy atom. The molecule has 0 saturated carbocycles. The molecule has 0 spiro atoms. The quantitative estimate of drug-likeness (QED) is 0.468. The molecule has 3 rings (SSSR count). The Hall–Kier alpha value is -2.28. The highest BCUT2D eigenvalue weighted by Gasteiger charge is 2.02. The molecule has 3 aromatic rings. The number of nitrogens with two attached hydrogens (primary N) is 1. The Kier molecular flexibility index (Phi) is 5.20. The lowest BCUT2D eigenvalue weighted by Crippen LogP contribution is -1.92. The molecule has 24 heavy (non-hydrogen) atoms. The molecule has 0 aliphatic rings. The highest BCUT2D eigenvalue weighted by molar-refractivity contribution is 7.14. The van der Waals surface area contributed by atoms with Gasteiger partial charge in [-0.1, -0.05) is 35.3 Å². The standard InChI is InChI=1S/C16H12Cl2N4OS/c17-11-5-12(18)7-14(6-11)23-13-3-1-2-10(4-13)8-20-22-16-21-15(19)9-24-16/h1-9H,19H2,(H,21,22). The molecule has 0 saturated heterocycles. The van der Waals surface area contributed by atoms with Crippen LogP contribution < -0.4 is 15.9 Å². The van der Waals surface area contributed by atoms with E-state index in [9.17, 15) is 0 Å². The normalized spacial score (nSPS) is 10.9. The van der Waals surface area contributed by atoms with Crippen molar-refractivity contribution in [2.75, 3.05) is 11.2 Å². The van der Waals surface area contributed by atoms with E-state index in [1.807, 2.05) is 24.3 Å². The highest BCUT2D eigenvalue weighted by Crippen LogP contribution is 2.28. The van der Waals surface area contributed by atoms with Gasteiger partial charge in [-0.05, 0) is 35.9 Å².